The Bertz CT molecular complexity index is 671. The van der Waals surface area contributed by atoms with Crippen LogP contribution in [-0.4, -0.2) is 31.4 Å². The van der Waals surface area contributed by atoms with Crippen molar-refractivity contribution in [1.82, 2.24) is 4.57 Å². The largest absolute Gasteiger partial charge is 0.480 e. The first kappa shape index (κ1) is 16.7. The Morgan fingerprint density at radius 2 is 1.68 bits per heavy atom. The molecular formula is C10H10N4O8. The number of aromatic nitrogens is 1. The Labute approximate surface area is 121 Å². The van der Waals surface area contributed by atoms with Gasteiger partial charge in [-0.05, 0) is 6.42 Å². The second kappa shape index (κ2) is 6.43. The minimum Gasteiger partial charge on any atom is -0.480 e. The molecule has 1 aromatic heterocycles. The van der Waals surface area contributed by atoms with Crippen molar-refractivity contribution in [3.8, 4) is 0 Å². The third-order valence-electron chi connectivity index (χ3n) is 2.71. The molecule has 1 rings (SSSR count). The van der Waals surface area contributed by atoms with Crippen LogP contribution in [0.4, 0.5) is 11.4 Å². The molecule has 0 spiro atoms. The van der Waals surface area contributed by atoms with Gasteiger partial charge in [0.1, 0.15) is 6.04 Å². The maximum Gasteiger partial charge on any atom is 0.339 e. The number of primary amides is 1. The summed E-state index contributed by atoms with van der Waals surface area (Å²) in [5.41, 5.74) is 1.17. The molecule has 118 valence electrons. The van der Waals surface area contributed by atoms with Crippen LogP contribution in [0.2, 0.25) is 0 Å². The molecule has 0 aromatic carbocycles. The third-order valence-corrected chi connectivity index (χ3v) is 2.71. The first-order valence-electron chi connectivity index (χ1n) is 5.70. The molecule has 0 aliphatic rings. The fourth-order valence-electron chi connectivity index (χ4n) is 1.69. The number of nitro groups is 2. The van der Waals surface area contributed by atoms with Gasteiger partial charge in [-0.15, -0.1) is 0 Å². The van der Waals surface area contributed by atoms with Crippen LogP contribution in [0.25, 0.3) is 0 Å². The van der Waals surface area contributed by atoms with E-state index < -0.39 is 44.6 Å². The summed E-state index contributed by atoms with van der Waals surface area (Å²) < 4.78 is 0.642. The van der Waals surface area contributed by atoms with E-state index in [1.807, 2.05) is 0 Å². The number of pyridine rings is 1. The molecule has 1 heterocycles. The summed E-state index contributed by atoms with van der Waals surface area (Å²) in [6, 6.07) is -1.52. The number of carboxylic acid groups (broad SMARTS) is 1. The van der Waals surface area contributed by atoms with Gasteiger partial charge in [-0.1, -0.05) is 0 Å². The molecule has 12 nitrogen and oxygen atoms in total. The molecule has 12 heteroatoms. The normalized spacial score (nSPS) is 11.6. The van der Waals surface area contributed by atoms with Gasteiger partial charge >= 0.3 is 22.8 Å². The van der Waals surface area contributed by atoms with E-state index in [4.69, 9.17) is 10.8 Å². The molecule has 3 N–H and O–H groups in total. The smallest absolute Gasteiger partial charge is 0.339 e. The van der Waals surface area contributed by atoms with Crippen molar-refractivity contribution < 1.29 is 24.5 Å². The molecule has 1 atom stereocenters. The van der Waals surface area contributed by atoms with Crippen molar-refractivity contribution in [3.05, 3.63) is 42.8 Å². The highest BCUT2D eigenvalue weighted by atomic mass is 16.6. The fourth-order valence-corrected chi connectivity index (χ4v) is 1.69. The van der Waals surface area contributed by atoms with Crippen molar-refractivity contribution in [2.24, 2.45) is 5.73 Å². The Balaban J connectivity index is 3.46. The summed E-state index contributed by atoms with van der Waals surface area (Å²) in [5, 5.41) is 30.6. The lowest BCUT2D eigenvalue weighted by Gasteiger charge is -2.15. The van der Waals surface area contributed by atoms with Crippen molar-refractivity contribution in [2.75, 3.05) is 0 Å². The number of aliphatic carboxylic acids is 1. The van der Waals surface area contributed by atoms with Gasteiger partial charge in [-0.2, -0.15) is 0 Å². The van der Waals surface area contributed by atoms with Gasteiger partial charge in [0.05, 0.1) is 22.2 Å². The van der Waals surface area contributed by atoms with Gasteiger partial charge in [0.2, 0.25) is 5.91 Å². The minimum atomic E-state index is -1.52. The maximum absolute atomic E-state index is 11.5. The minimum absolute atomic E-state index is 0.345. The predicted molar refractivity (Wildman–Crippen MR) is 69.1 cm³/mol. The highest BCUT2D eigenvalue weighted by molar-refractivity contribution is 5.76. The second-order valence-corrected chi connectivity index (χ2v) is 4.18. The van der Waals surface area contributed by atoms with Gasteiger partial charge < -0.3 is 15.4 Å². The summed E-state index contributed by atoms with van der Waals surface area (Å²) in [5.74, 6) is -2.30. The average Bonchev–Trinajstić information content (AvgIpc) is 2.38. The molecule has 0 saturated carbocycles. The number of carbonyl (C=O) groups excluding carboxylic acids is 1. The second-order valence-electron chi connectivity index (χ2n) is 4.18. The van der Waals surface area contributed by atoms with E-state index in [-0.39, 0.29) is 12.8 Å². The highest BCUT2D eigenvalue weighted by Crippen LogP contribution is 2.20. The number of hydrogen-bond donors (Lipinski definition) is 2. The lowest BCUT2D eigenvalue weighted by Crippen LogP contribution is -2.24. The van der Waals surface area contributed by atoms with E-state index in [1.165, 1.54) is 0 Å². The monoisotopic (exact) mass is 314 g/mol. The average molecular weight is 314 g/mol. The molecule has 1 aromatic rings. The Hall–Kier alpha value is -3.31. The Kier molecular flexibility index (Phi) is 4.89. The summed E-state index contributed by atoms with van der Waals surface area (Å²) in [6.07, 6.45) is 0.455. The maximum atomic E-state index is 11.5. The molecule has 0 aliphatic heterocycles. The predicted octanol–water partition coefficient (Wildman–Crippen LogP) is -0.444. The molecule has 0 saturated heterocycles. The summed E-state index contributed by atoms with van der Waals surface area (Å²) in [4.78, 5) is 52.6. The summed E-state index contributed by atoms with van der Waals surface area (Å²) in [6.45, 7) is 0. The van der Waals surface area contributed by atoms with E-state index in [2.05, 4.69) is 0 Å². The number of nitrogens with two attached hydrogens (primary N) is 1. The first-order chi connectivity index (χ1) is 10.1. The number of amides is 1. The van der Waals surface area contributed by atoms with Gasteiger partial charge in [0.25, 0.3) is 0 Å². The zero-order valence-electron chi connectivity index (χ0n) is 10.9. The summed E-state index contributed by atoms with van der Waals surface area (Å²) in [7, 11) is 0. The van der Waals surface area contributed by atoms with Gasteiger partial charge in [-0.3, -0.25) is 29.8 Å². The Morgan fingerprint density at radius 1 is 1.23 bits per heavy atom. The first-order valence-corrected chi connectivity index (χ1v) is 5.70. The van der Waals surface area contributed by atoms with Crippen LogP contribution in [0.5, 0.6) is 0 Å². The van der Waals surface area contributed by atoms with Crippen LogP contribution in [-0.2, 0) is 9.59 Å². The molecule has 0 bridgehead atoms. The van der Waals surface area contributed by atoms with E-state index in [0.717, 1.165) is 0 Å². The lowest BCUT2D eigenvalue weighted by molar-refractivity contribution is -0.397. The van der Waals surface area contributed by atoms with Crippen molar-refractivity contribution in [3.63, 3.8) is 0 Å². The fraction of sp³-hybridized carbons (Fsp3) is 0.300. The van der Waals surface area contributed by atoms with E-state index in [9.17, 15) is 34.6 Å². The van der Waals surface area contributed by atoms with Crippen LogP contribution >= 0.6 is 0 Å². The topological polar surface area (TPSA) is 189 Å². The molecule has 0 unspecified atom stereocenters. The molecule has 22 heavy (non-hydrogen) atoms. The SMILES string of the molecule is NC(=O)CC[C@@H](C(=O)O)n1cc([N+](=O)[O-])c(=O)c([N+](=O)[O-])c1. The molecule has 0 radical (unpaired) electrons. The molecule has 0 aliphatic carbocycles. The quantitative estimate of drug-likeness (QED) is 0.499. The van der Waals surface area contributed by atoms with E-state index in [0.29, 0.717) is 17.0 Å². The van der Waals surface area contributed by atoms with Crippen molar-refractivity contribution in [1.29, 1.82) is 0 Å². The molecule has 1 amide bonds. The van der Waals surface area contributed by atoms with Gasteiger partial charge in [0.15, 0.2) is 0 Å². The number of rotatable bonds is 7. The van der Waals surface area contributed by atoms with Gasteiger partial charge in [-0.25, -0.2) is 4.79 Å². The van der Waals surface area contributed by atoms with Crippen molar-refractivity contribution >= 4 is 23.3 Å². The zero-order valence-corrected chi connectivity index (χ0v) is 10.9. The van der Waals surface area contributed by atoms with Gasteiger partial charge in [0, 0.05) is 6.42 Å². The van der Waals surface area contributed by atoms with Crippen LogP contribution in [0.1, 0.15) is 18.9 Å². The van der Waals surface area contributed by atoms with Crippen LogP contribution in [0.3, 0.4) is 0 Å². The highest BCUT2D eigenvalue weighted by Gasteiger charge is 2.29. The molecule has 0 fully saturated rings. The number of nitrogens with zero attached hydrogens (tertiary/aromatic N) is 3. The van der Waals surface area contributed by atoms with Crippen LogP contribution < -0.4 is 11.2 Å². The van der Waals surface area contributed by atoms with E-state index >= 15 is 0 Å². The Morgan fingerprint density at radius 3 is 2.00 bits per heavy atom. The lowest BCUT2D eigenvalue weighted by atomic mass is 10.1. The number of carbonyl (C=O) groups is 2. The van der Waals surface area contributed by atoms with Crippen molar-refractivity contribution in [2.45, 2.75) is 18.9 Å². The zero-order chi connectivity index (χ0) is 17.0. The number of hydrogen-bond acceptors (Lipinski definition) is 7. The standard InChI is InChI=1S/C10H10N4O8/c11-8(15)2-1-5(10(17)18)12-3-6(13(19)20)9(16)7(4-12)14(21)22/h3-5H,1-2H2,(H2,11,15)(H,17,18)/t5-/m0/s1. The summed E-state index contributed by atoms with van der Waals surface area (Å²) >= 11 is 0. The van der Waals surface area contributed by atoms with E-state index in [1.54, 1.807) is 0 Å². The van der Waals surface area contributed by atoms with Crippen LogP contribution in [0.15, 0.2) is 17.2 Å². The number of carboxylic acids is 1. The van der Waals surface area contributed by atoms with Crippen LogP contribution in [0, 0.1) is 20.2 Å². The third kappa shape index (κ3) is 3.62. The molecular weight excluding hydrogens is 304 g/mol.